The van der Waals surface area contributed by atoms with Crippen molar-refractivity contribution in [1.29, 1.82) is 0 Å². The monoisotopic (exact) mass is 389 g/mol. The Morgan fingerprint density at radius 3 is 2.97 bits per heavy atom. The van der Waals surface area contributed by atoms with E-state index in [0.29, 0.717) is 17.8 Å². The Morgan fingerprint density at radius 1 is 1.17 bits per heavy atom. The van der Waals surface area contributed by atoms with Gasteiger partial charge in [0.25, 0.3) is 0 Å². The van der Waals surface area contributed by atoms with Crippen molar-refractivity contribution in [3.8, 4) is 11.3 Å². The summed E-state index contributed by atoms with van der Waals surface area (Å²) in [5.74, 6) is 1.42. The van der Waals surface area contributed by atoms with Crippen LogP contribution in [0.2, 0.25) is 0 Å². The van der Waals surface area contributed by atoms with Crippen molar-refractivity contribution in [1.82, 2.24) is 30.7 Å². The fourth-order valence-corrected chi connectivity index (χ4v) is 3.44. The summed E-state index contributed by atoms with van der Waals surface area (Å²) in [5, 5.41) is 15.6. The van der Waals surface area contributed by atoms with Gasteiger partial charge in [0.1, 0.15) is 11.8 Å². The van der Waals surface area contributed by atoms with Crippen LogP contribution in [-0.4, -0.2) is 31.8 Å². The van der Waals surface area contributed by atoms with Crippen LogP contribution in [0.25, 0.3) is 16.9 Å². The lowest BCUT2D eigenvalue weighted by Crippen LogP contribution is -2.39. The van der Waals surface area contributed by atoms with Gasteiger partial charge in [-0.3, -0.25) is 4.79 Å². The number of carbonyl (C=O) groups excluding carboxylic acids is 1. The van der Waals surface area contributed by atoms with E-state index in [4.69, 9.17) is 4.42 Å². The number of hydrogen-bond donors (Lipinski definition) is 3. The molecule has 0 radical (unpaired) electrons. The van der Waals surface area contributed by atoms with Gasteiger partial charge < -0.3 is 9.73 Å². The van der Waals surface area contributed by atoms with Gasteiger partial charge in [-0.25, -0.2) is 10.9 Å². The Bertz CT molecular complexity index is 1170. The maximum absolute atomic E-state index is 12.7. The second kappa shape index (κ2) is 7.12. The molecule has 5 rings (SSSR count). The average molecular weight is 389 g/mol. The van der Waals surface area contributed by atoms with Crippen LogP contribution in [0.1, 0.15) is 24.0 Å². The molecule has 2 unspecified atom stereocenters. The Balaban J connectivity index is 1.32. The quantitative estimate of drug-likeness (QED) is 0.491. The third-order valence-corrected chi connectivity index (χ3v) is 4.95. The van der Waals surface area contributed by atoms with Gasteiger partial charge in [-0.1, -0.05) is 12.1 Å². The van der Waals surface area contributed by atoms with Gasteiger partial charge in [-0.05, 0) is 49.7 Å². The van der Waals surface area contributed by atoms with Gasteiger partial charge in [-0.2, -0.15) is 9.61 Å². The number of nitrogens with one attached hydrogen (secondary N) is 3. The molecule has 1 aliphatic rings. The van der Waals surface area contributed by atoms with Crippen LogP contribution < -0.4 is 16.2 Å². The fourth-order valence-electron chi connectivity index (χ4n) is 3.44. The highest BCUT2D eigenvalue weighted by molar-refractivity contribution is 5.95. The van der Waals surface area contributed by atoms with Crippen molar-refractivity contribution in [2.75, 3.05) is 5.32 Å². The highest BCUT2D eigenvalue weighted by Gasteiger charge is 2.31. The highest BCUT2D eigenvalue weighted by Crippen LogP contribution is 2.24. The topological polar surface area (TPSA) is 109 Å². The zero-order valence-corrected chi connectivity index (χ0v) is 15.7. The lowest BCUT2D eigenvalue weighted by Gasteiger charge is -2.11. The van der Waals surface area contributed by atoms with Crippen molar-refractivity contribution < 1.29 is 9.21 Å². The second-order valence-electron chi connectivity index (χ2n) is 6.95. The van der Waals surface area contributed by atoms with Crippen LogP contribution in [-0.2, 0) is 4.79 Å². The van der Waals surface area contributed by atoms with Gasteiger partial charge in [-0.15, -0.1) is 10.2 Å². The van der Waals surface area contributed by atoms with Crippen LogP contribution in [0.4, 0.5) is 5.69 Å². The van der Waals surface area contributed by atoms with Crippen LogP contribution in [0.3, 0.4) is 0 Å². The number of aryl methyl sites for hydroxylation is 1. The van der Waals surface area contributed by atoms with E-state index in [1.807, 2.05) is 55.5 Å². The number of benzene rings is 1. The zero-order chi connectivity index (χ0) is 19.8. The summed E-state index contributed by atoms with van der Waals surface area (Å²) in [7, 11) is 0. The lowest BCUT2D eigenvalue weighted by atomic mass is 10.1. The molecule has 9 nitrogen and oxygen atoms in total. The van der Waals surface area contributed by atoms with Crippen LogP contribution in [0.5, 0.6) is 0 Å². The van der Waals surface area contributed by atoms with Gasteiger partial charge >= 0.3 is 0 Å². The van der Waals surface area contributed by atoms with Gasteiger partial charge in [0.15, 0.2) is 11.5 Å². The van der Waals surface area contributed by atoms with Crippen molar-refractivity contribution in [2.45, 2.75) is 25.4 Å². The molecule has 2 atom stereocenters. The average Bonchev–Trinajstić information content (AvgIpc) is 3.49. The molecule has 0 bridgehead atoms. The van der Waals surface area contributed by atoms with E-state index in [1.54, 1.807) is 10.8 Å². The molecule has 0 saturated carbocycles. The first-order valence-corrected chi connectivity index (χ1v) is 9.32. The first kappa shape index (κ1) is 17.5. The number of fused-ring (bicyclic) bond motifs is 1. The highest BCUT2D eigenvalue weighted by atomic mass is 16.3. The summed E-state index contributed by atoms with van der Waals surface area (Å²) in [4.78, 5) is 12.7. The van der Waals surface area contributed by atoms with E-state index < -0.39 is 0 Å². The molecule has 3 aromatic heterocycles. The summed E-state index contributed by atoms with van der Waals surface area (Å²) in [6.07, 6.45) is 2.23. The standard InChI is InChI=1S/C20H19N7O2/c1-12-22-25-19-8-7-15(26-27(12)19)13-4-2-5-14(10-13)21-20(28)17-11-16(23-24-17)18-6-3-9-29-18/h2-10,16-17,23-24H,11H2,1H3,(H,21,28). The predicted octanol–water partition coefficient (Wildman–Crippen LogP) is 2.24. The third kappa shape index (κ3) is 3.37. The maximum Gasteiger partial charge on any atom is 0.242 e. The summed E-state index contributed by atoms with van der Waals surface area (Å²) < 4.78 is 7.11. The molecule has 1 aromatic carbocycles. The summed E-state index contributed by atoms with van der Waals surface area (Å²) >= 11 is 0. The minimum atomic E-state index is -0.358. The molecule has 0 aliphatic carbocycles. The number of carbonyl (C=O) groups is 1. The molecular weight excluding hydrogens is 370 g/mol. The minimum absolute atomic E-state index is 0.0324. The Hall–Kier alpha value is -3.56. The number of rotatable bonds is 4. The number of amides is 1. The molecular formula is C20H19N7O2. The molecule has 4 heterocycles. The molecule has 9 heteroatoms. The lowest BCUT2D eigenvalue weighted by molar-refractivity contribution is -0.117. The third-order valence-electron chi connectivity index (χ3n) is 4.95. The Labute approximate surface area is 166 Å². The number of aromatic nitrogens is 4. The number of hydrazine groups is 1. The zero-order valence-electron chi connectivity index (χ0n) is 15.7. The summed E-state index contributed by atoms with van der Waals surface area (Å²) in [6, 6.07) is 14.7. The van der Waals surface area contributed by atoms with Gasteiger partial charge in [0, 0.05) is 11.3 Å². The van der Waals surface area contributed by atoms with E-state index in [0.717, 1.165) is 22.8 Å². The molecule has 3 N–H and O–H groups in total. The fraction of sp³-hybridized carbons (Fsp3) is 0.200. The SMILES string of the molecule is Cc1nnc2ccc(-c3cccc(NC(=O)C4CC(c5ccco5)NN4)c3)nn12. The second-order valence-corrected chi connectivity index (χ2v) is 6.95. The number of hydrogen-bond acceptors (Lipinski definition) is 7. The maximum atomic E-state index is 12.7. The first-order chi connectivity index (χ1) is 14.2. The smallest absolute Gasteiger partial charge is 0.242 e. The number of furan rings is 1. The van der Waals surface area contributed by atoms with E-state index >= 15 is 0 Å². The van der Waals surface area contributed by atoms with Crippen molar-refractivity contribution in [3.05, 3.63) is 66.4 Å². The van der Waals surface area contributed by atoms with Crippen LogP contribution in [0.15, 0.2) is 59.2 Å². The van der Waals surface area contributed by atoms with Crippen LogP contribution in [0, 0.1) is 6.92 Å². The van der Waals surface area contributed by atoms with Gasteiger partial charge in [0.05, 0.1) is 18.0 Å². The van der Waals surface area contributed by atoms with E-state index in [9.17, 15) is 4.79 Å². The Kier molecular flexibility index (Phi) is 4.30. The molecule has 1 saturated heterocycles. The predicted molar refractivity (Wildman–Crippen MR) is 106 cm³/mol. The van der Waals surface area contributed by atoms with E-state index in [2.05, 4.69) is 31.5 Å². The number of nitrogens with zero attached hydrogens (tertiary/aromatic N) is 4. The summed E-state index contributed by atoms with van der Waals surface area (Å²) in [5.41, 5.74) is 9.20. The Morgan fingerprint density at radius 2 is 2.10 bits per heavy atom. The molecule has 1 fully saturated rings. The van der Waals surface area contributed by atoms with Crippen molar-refractivity contribution >= 4 is 17.2 Å². The van der Waals surface area contributed by atoms with E-state index in [1.165, 1.54) is 0 Å². The first-order valence-electron chi connectivity index (χ1n) is 9.32. The van der Waals surface area contributed by atoms with Crippen molar-refractivity contribution in [2.24, 2.45) is 0 Å². The largest absolute Gasteiger partial charge is 0.468 e. The summed E-state index contributed by atoms with van der Waals surface area (Å²) in [6.45, 7) is 1.85. The van der Waals surface area contributed by atoms with Crippen molar-refractivity contribution in [3.63, 3.8) is 0 Å². The minimum Gasteiger partial charge on any atom is -0.468 e. The number of anilines is 1. The van der Waals surface area contributed by atoms with E-state index in [-0.39, 0.29) is 18.0 Å². The van der Waals surface area contributed by atoms with Crippen LogP contribution >= 0.6 is 0 Å². The molecule has 146 valence electrons. The molecule has 1 amide bonds. The normalized spacial score (nSPS) is 18.9. The molecule has 1 aliphatic heterocycles. The molecule has 4 aromatic rings. The molecule has 29 heavy (non-hydrogen) atoms. The van der Waals surface area contributed by atoms with Gasteiger partial charge in [0.2, 0.25) is 5.91 Å². The molecule has 0 spiro atoms.